The SMILES string of the molecule is NC1=N[C@@H](CCc2ccc(N(CC(F)(F)F)c3ccc(Cl)cc3)cc2)CO1. The Balaban J connectivity index is 1.73. The zero-order valence-electron chi connectivity index (χ0n) is 14.4. The van der Waals surface area contributed by atoms with Crippen LogP contribution in [0.2, 0.25) is 5.02 Å². The molecule has 3 rings (SSSR count). The number of rotatable bonds is 6. The fourth-order valence-corrected chi connectivity index (χ4v) is 3.02. The van der Waals surface area contributed by atoms with Crippen molar-refractivity contribution in [2.24, 2.45) is 10.7 Å². The molecule has 1 atom stereocenters. The first-order valence-corrected chi connectivity index (χ1v) is 8.83. The summed E-state index contributed by atoms with van der Waals surface area (Å²) in [5.41, 5.74) is 7.39. The Hall–Kier alpha value is -2.41. The number of aliphatic imine (C=N–C) groups is 1. The number of ether oxygens (including phenoxy) is 1. The quantitative estimate of drug-likeness (QED) is 0.769. The highest BCUT2D eigenvalue weighted by Gasteiger charge is 2.31. The van der Waals surface area contributed by atoms with Crippen LogP contribution in [0, 0.1) is 0 Å². The number of nitrogens with two attached hydrogens (primary N) is 1. The molecule has 0 bridgehead atoms. The van der Waals surface area contributed by atoms with Gasteiger partial charge >= 0.3 is 6.18 Å². The first-order chi connectivity index (χ1) is 12.8. The van der Waals surface area contributed by atoms with Gasteiger partial charge < -0.3 is 15.4 Å². The van der Waals surface area contributed by atoms with Crippen LogP contribution in [0.5, 0.6) is 0 Å². The lowest BCUT2D eigenvalue weighted by molar-refractivity contribution is -0.118. The van der Waals surface area contributed by atoms with Crippen LogP contribution in [0.15, 0.2) is 53.5 Å². The van der Waals surface area contributed by atoms with Gasteiger partial charge in [0.1, 0.15) is 13.2 Å². The maximum atomic E-state index is 13.1. The summed E-state index contributed by atoms with van der Waals surface area (Å²) in [6.07, 6.45) is -2.83. The molecule has 1 aliphatic heterocycles. The van der Waals surface area contributed by atoms with Gasteiger partial charge in [-0.25, -0.2) is 4.99 Å². The molecule has 0 unspecified atom stereocenters. The van der Waals surface area contributed by atoms with Gasteiger partial charge in [0.2, 0.25) is 0 Å². The summed E-state index contributed by atoms with van der Waals surface area (Å²) in [5.74, 6) is 0. The number of amidine groups is 1. The molecule has 0 radical (unpaired) electrons. The van der Waals surface area contributed by atoms with Crippen molar-refractivity contribution in [3.63, 3.8) is 0 Å². The largest absolute Gasteiger partial charge is 0.463 e. The minimum atomic E-state index is -4.33. The second kappa shape index (κ2) is 8.08. The van der Waals surface area contributed by atoms with Crippen LogP contribution in [0.3, 0.4) is 0 Å². The number of hydrogen-bond acceptors (Lipinski definition) is 4. The van der Waals surface area contributed by atoms with Crippen LogP contribution < -0.4 is 10.6 Å². The minimum absolute atomic E-state index is 0.0282. The predicted molar refractivity (Wildman–Crippen MR) is 101 cm³/mol. The number of hydrogen-bond donors (Lipinski definition) is 1. The maximum Gasteiger partial charge on any atom is 0.406 e. The molecule has 0 aromatic heterocycles. The van der Waals surface area contributed by atoms with Crippen molar-refractivity contribution in [2.75, 3.05) is 18.1 Å². The van der Waals surface area contributed by atoms with Gasteiger partial charge in [0.05, 0.1) is 6.04 Å². The van der Waals surface area contributed by atoms with Crippen molar-refractivity contribution in [3.05, 3.63) is 59.1 Å². The van der Waals surface area contributed by atoms with Crippen LogP contribution in [0.4, 0.5) is 24.5 Å². The second-order valence-corrected chi connectivity index (χ2v) is 6.75. The van der Waals surface area contributed by atoms with E-state index in [0.717, 1.165) is 18.4 Å². The first kappa shape index (κ1) is 19.4. The minimum Gasteiger partial charge on any atom is -0.463 e. The van der Waals surface area contributed by atoms with E-state index in [-0.39, 0.29) is 12.1 Å². The zero-order chi connectivity index (χ0) is 19.4. The molecule has 2 aromatic carbocycles. The third kappa shape index (κ3) is 5.53. The van der Waals surface area contributed by atoms with Gasteiger partial charge in [-0.1, -0.05) is 23.7 Å². The molecule has 2 N–H and O–H groups in total. The van der Waals surface area contributed by atoms with E-state index in [2.05, 4.69) is 4.99 Å². The number of anilines is 2. The molecule has 1 heterocycles. The summed E-state index contributed by atoms with van der Waals surface area (Å²) in [7, 11) is 0. The fraction of sp³-hybridized carbons (Fsp3) is 0.316. The van der Waals surface area contributed by atoms with Crippen LogP contribution in [0.25, 0.3) is 0 Å². The molecule has 0 spiro atoms. The lowest BCUT2D eigenvalue weighted by atomic mass is 10.1. The monoisotopic (exact) mass is 397 g/mol. The normalized spacial score (nSPS) is 16.7. The topological polar surface area (TPSA) is 50.8 Å². The lowest BCUT2D eigenvalue weighted by Crippen LogP contribution is -2.30. The fourth-order valence-electron chi connectivity index (χ4n) is 2.89. The summed E-state index contributed by atoms with van der Waals surface area (Å²) >= 11 is 5.85. The first-order valence-electron chi connectivity index (χ1n) is 8.45. The number of aryl methyl sites for hydroxylation is 1. The molecule has 0 amide bonds. The Kier molecular flexibility index (Phi) is 5.79. The van der Waals surface area contributed by atoms with Crippen LogP contribution in [-0.4, -0.2) is 31.4 Å². The van der Waals surface area contributed by atoms with Gasteiger partial charge in [0, 0.05) is 16.4 Å². The van der Waals surface area contributed by atoms with Gasteiger partial charge in [0.15, 0.2) is 0 Å². The third-order valence-corrected chi connectivity index (χ3v) is 4.48. The van der Waals surface area contributed by atoms with E-state index in [9.17, 15) is 13.2 Å². The van der Waals surface area contributed by atoms with Gasteiger partial charge in [0.25, 0.3) is 6.02 Å². The summed E-state index contributed by atoms with van der Waals surface area (Å²) in [5, 5.41) is 0.472. The molecule has 2 aromatic rings. The molecular formula is C19H19ClF3N3O. The van der Waals surface area contributed by atoms with E-state index in [1.807, 2.05) is 12.1 Å². The van der Waals surface area contributed by atoms with Crippen molar-refractivity contribution in [2.45, 2.75) is 25.1 Å². The molecule has 4 nitrogen and oxygen atoms in total. The maximum absolute atomic E-state index is 13.1. The average Bonchev–Trinajstić information content (AvgIpc) is 3.04. The highest BCUT2D eigenvalue weighted by Crippen LogP contribution is 2.31. The Morgan fingerprint density at radius 1 is 1.07 bits per heavy atom. The van der Waals surface area contributed by atoms with Crippen molar-refractivity contribution >= 4 is 29.0 Å². The van der Waals surface area contributed by atoms with E-state index < -0.39 is 12.7 Å². The van der Waals surface area contributed by atoms with Crippen molar-refractivity contribution in [3.8, 4) is 0 Å². The number of benzene rings is 2. The van der Waals surface area contributed by atoms with Crippen molar-refractivity contribution < 1.29 is 17.9 Å². The van der Waals surface area contributed by atoms with Gasteiger partial charge in [-0.15, -0.1) is 0 Å². The Labute approximate surface area is 160 Å². The van der Waals surface area contributed by atoms with E-state index in [1.54, 1.807) is 36.4 Å². The predicted octanol–water partition coefficient (Wildman–Crippen LogP) is 4.69. The van der Waals surface area contributed by atoms with E-state index in [4.69, 9.17) is 22.1 Å². The second-order valence-electron chi connectivity index (χ2n) is 6.32. The van der Waals surface area contributed by atoms with Gasteiger partial charge in [-0.2, -0.15) is 13.2 Å². The lowest BCUT2D eigenvalue weighted by Gasteiger charge is -2.26. The molecule has 0 saturated carbocycles. The van der Waals surface area contributed by atoms with E-state index in [0.29, 0.717) is 23.0 Å². The highest BCUT2D eigenvalue weighted by atomic mass is 35.5. The summed E-state index contributed by atoms with van der Waals surface area (Å²) in [4.78, 5) is 5.38. The molecule has 1 aliphatic rings. The van der Waals surface area contributed by atoms with Crippen molar-refractivity contribution in [1.82, 2.24) is 0 Å². The van der Waals surface area contributed by atoms with Crippen LogP contribution >= 0.6 is 11.6 Å². The van der Waals surface area contributed by atoms with E-state index >= 15 is 0 Å². The number of alkyl halides is 3. The Bertz CT molecular complexity index is 791. The molecule has 0 saturated heterocycles. The van der Waals surface area contributed by atoms with Gasteiger partial charge in [-0.05, 0) is 54.8 Å². The summed E-state index contributed by atoms with van der Waals surface area (Å²) in [6.45, 7) is -0.610. The van der Waals surface area contributed by atoms with E-state index in [1.165, 1.54) is 4.90 Å². The van der Waals surface area contributed by atoms with Gasteiger partial charge in [-0.3, -0.25) is 0 Å². The molecule has 27 heavy (non-hydrogen) atoms. The Morgan fingerprint density at radius 2 is 1.67 bits per heavy atom. The smallest absolute Gasteiger partial charge is 0.406 e. The standard InChI is InChI=1S/C19H19ClF3N3O/c20-14-4-9-17(10-5-14)26(12-19(21,22)23)16-7-2-13(3-8-16)1-6-15-11-27-18(24)25-15/h2-5,7-10,15H,1,6,11-12H2,(H2,24,25)/t15-/m0/s1. The molecule has 8 heteroatoms. The number of halogens is 4. The molecule has 0 fully saturated rings. The zero-order valence-corrected chi connectivity index (χ0v) is 15.2. The van der Waals surface area contributed by atoms with Crippen molar-refractivity contribution in [1.29, 1.82) is 0 Å². The highest BCUT2D eigenvalue weighted by molar-refractivity contribution is 6.30. The number of nitrogens with zero attached hydrogens (tertiary/aromatic N) is 2. The Morgan fingerprint density at radius 3 is 2.19 bits per heavy atom. The summed E-state index contributed by atoms with van der Waals surface area (Å²) in [6, 6.07) is 13.6. The van der Waals surface area contributed by atoms with Crippen LogP contribution in [-0.2, 0) is 11.2 Å². The molecular weight excluding hydrogens is 379 g/mol. The molecule has 144 valence electrons. The summed E-state index contributed by atoms with van der Waals surface area (Å²) < 4.78 is 44.3. The third-order valence-electron chi connectivity index (χ3n) is 4.22. The average molecular weight is 398 g/mol. The van der Waals surface area contributed by atoms with Crippen LogP contribution in [0.1, 0.15) is 12.0 Å². The molecule has 0 aliphatic carbocycles.